The summed E-state index contributed by atoms with van der Waals surface area (Å²) in [6.07, 6.45) is 0.842. The normalized spacial score (nSPS) is 14.7. The number of nitrogens with one attached hydrogen (secondary N) is 1. The van der Waals surface area contributed by atoms with Gasteiger partial charge in [0, 0.05) is 23.7 Å². The van der Waals surface area contributed by atoms with E-state index in [-0.39, 0.29) is 17.7 Å². The van der Waals surface area contributed by atoms with Crippen LogP contribution in [-0.4, -0.2) is 29.3 Å². The first-order chi connectivity index (χ1) is 12.5. The lowest BCUT2D eigenvalue weighted by Gasteiger charge is -2.33. The molecule has 3 rings (SSSR count). The molecule has 0 radical (unpaired) electrons. The average Bonchev–Trinajstić information content (AvgIpc) is 2.64. The Morgan fingerprint density at radius 3 is 2.50 bits per heavy atom. The maximum absolute atomic E-state index is 13.1. The van der Waals surface area contributed by atoms with Crippen LogP contribution in [-0.2, 0) is 17.8 Å². The van der Waals surface area contributed by atoms with Gasteiger partial charge < -0.3 is 10.2 Å². The van der Waals surface area contributed by atoms with Crippen molar-refractivity contribution >= 4 is 23.4 Å². The molecule has 0 aliphatic carbocycles. The molecule has 2 amide bonds. The van der Waals surface area contributed by atoms with Crippen molar-refractivity contribution in [1.29, 1.82) is 0 Å². The number of nitrogens with zero attached hydrogens (tertiary/aromatic N) is 1. The van der Waals surface area contributed by atoms with E-state index in [9.17, 15) is 9.59 Å². The SMILES string of the molecule is CC(C)[C@@H](NC(=O)c1cccc(Cl)c1)C(=O)N1CCc2ccccc2C1. The lowest BCUT2D eigenvalue weighted by Crippen LogP contribution is -2.52. The molecule has 0 spiro atoms. The maximum atomic E-state index is 13.1. The second-order valence-corrected chi connectivity index (χ2v) is 7.42. The predicted molar refractivity (Wildman–Crippen MR) is 103 cm³/mol. The van der Waals surface area contributed by atoms with Crippen molar-refractivity contribution in [2.75, 3.05) is 6.54 Å². The van der Waals surface area contributed by atoms with E-state index in [0.717, 1.165) is 6.42 Å². The van der Waals surface area contributed by atoms with Gasteiger partial charge in [-0.25, -0.2) is 0 Å². The van der Waals surface area contributed by atoms with Crippen LogP contribution in [0.1, 0.15) is 35.3 Å². The summed E-state index contributed by atoms with van der Waals surface area (Å²) in [7, 11) is 0. The highest BCUT2D eigenvalue weighted by atomic mass is 35.5. The quantitative estimate of drug-likeness (QED) is 0.892. The van der Waals surface area contributed by atoms with E-state index in [1.54, 1.807) is 24.3 Å². The van der Waals surface area contributed by atoms with Crippen LogP contribution in [0, 0.1) is 5.92 Å². The third kappa shape index (κ3) is 4.07. The minimum absolute atomic E-state index is 0.0113. The standard InChI is InChI=1S/C21H23ClN2O2/c1-14(2)19(23-20(25)16-8-5-9-18(22)12-16)21(26)24-11-10-15-6-3-4-7-17(15)13-24/h3-9,12,14,19H,10-11,13H2,1-2H3,(H,23,25)/t19-/m1/s1. The van der Waals surface area contributed by atoms with E-state index < -0.39 is 6.04 Å². The molecule has 26 heavy (non-hydrogen) atoms. The third-order valence-corrected chi connectivity index (χ3v) is 4.98. The van der Waals surface area contributed by atoms with Crippen LogP contribution >= 0.6 is 11.6 Å². The molecular formula is C21H23ClN2O2. The Kier molecular flexibility index (Phi) is 5.62. The molecule has 5 heteroatoms. The van der Waals surface area contributed by atoms with Crippen LogP contribution in [0.2, 0.25) is 5.02 Å². The number of benzene rings is 2. The summed E-state index contributed by atoms with van der Waals surface area (Å²) in [6.45, 7) is 5.15. The fraction of sp³-hybridized carbons (Fsp3) is 0.333. The number of carbonyl (C=O) groups excluding carboxylic acids is 2. The van der Waals surface area contributed by atoms with E-state index in [0.29, 0.717) is 23.7 Å². The topological polar surface area (TPSA) is 49.4 Å². The number of rotatable bonds is 4. The number of hydrogen-bond acceptors (Lipinski definition) is 2. The Labute approximate surface area is 159 Å². The highest BCUT2D eigenvalue weighted by Crippen LogP contribution is 2.20. The molecule has 1 N–H and O–H groups in total. The van der Waals surface area contributed by atoms with Crippen molar-refractivity contribution < 1.29 is 9.59 Å². The van der Waals surface area contributed by atoms with Crippen LogP contribution in [0.25, 0.3) is 0 Å². The summed E-state index contributed by atoms with van der Waals surface area (Å²) in [5.41, 5.74) is 2.93. The van der Waals surface area contributed by atoms with E-state index in [1.807, 2.05) is 30.9 Å². The summed E-state index contributed by atoms with van der Waals surface area (Å²) in [5.74, 6) is -0.329. The van der Waals surface area contributed by atoms with Gasteiger partial charge in [-0.1, -0.05) is 55.8 Å². The number of hydrogen-bond donors (Lipinski definition) is 1. The number of fused-ring (bicyclic) bond motifs is 1. The predicted octanol–water partition coefficient (Wildman–Crippen LogP) is 3.68. The second-order valence-electron chi connectivity index (χ2n) is 6.98. The van der Waals surface area contributed by atoms with Gasteiger partial charge in [0.1, 0.15) is 6.04 Å². The minimum atomic E-state index is -0.563. The van der Waals surface area contributed by atoms with Gasteiger partial charge in [0.15, 0.2) is 0 Å². The first-order valence-corrected chi connectivity index (χ1v) is 9.25. The van der Waals surface area contributed by atoms with Gasteiger partial charge in [-0.05, 0) is 41.7 Å². The lowest BCUT2D eigenvalue weighted by atomic mass is 9.97. The Balaban J connectivity index is 1.74. The molecule has 136 valence electrons. The highest BCUT2D eigenvalue weighted by molar-refractivity contribution is 6.31. The first kappa shape index (κ1) is 18.5. The van der Waals surface area contributed by atoms with Crippen LogP contribution in [0.4, 0.5) is 0 Å². The monoisotopic (exact) mass is 370 g/mol. The van der Waals surface area contributed by atoms with E-state index in [2.05, 4.69) is 17.4 Å². The Morgan fingerprint density at radius 2 is 1.81 bits per heavy atom. The van der Waals surface area contributed by atoms with Crippen LogP contribution in [0.15, 0.2) is 48.5 Å². The van der Waals surface area contributed by atoms with Crippen LogP contribution < -0.4 is 5.32 Å². The summed E-state index contributed by atoms with van der Waals surface area (Å²) in [6, 6.07) is 14.4. The van der Waals surface area contributed by atoms with Crippen LogP contribution in [0.3, 0.4) is 0 Å². The first-order valence-electron chi connectivity index (χ1n) is 8.87. The molecule has 0 saturated carbocycles. The molecule has 0 unspecified atom stereocenters. The molecule has 0 bridgehead atoms. The minimum Gasteiger partial charge on any atom is -0.340 e. The van der Waals surface area contributed by atoms with Gasteiger partial charge in [-0.2, -0.15) is 0 Å². The molecule has 0 aromatic heterocycles. The summed E-state index contributed by atoms with van der Waals surface area (Å²) < 4.78 is 0. The van der Waals surface area contributed by atoms with Crippen molar-refractivity contribution in [3.05, 3.63) is 70.2 Å². The van der Waals surface area contributed by atoms with Crippen molar-refractivity contribution in [3.63, 3.8) is 0 Å². The van der Waals surface area contributed by atoms with Gasteiger partial charge in [0.25, 0.3) is 5.91 Å². The zero-order valence-electron chi connectivity index (χ0n) is 15.0. The van der Waals surface area contributed by atoms with Crippen molar-refractivity contribution in [1.82, 2.24) is 10.2 Å². The molecule has 0 fully saturated rings. The smallest absolute Gasteiger partial charge is 0.251 e. The van der Waals surface area contributed by atoms with Crippen molar-refractivity contribution in [2.24, 2.45) is 5.92 Å². The largest absolute Gasteiger partial charge is 0.340 e. The number of carbonyl (C=O) groups is 2. The fourth-order valence-corrected chi connectivity index (χ4v) is 3.44. The summed E-state index contributed by atoms with van der Waals surface area (Å²) in [4.78, 5) is 27.5. The summed E-state index contributed by atoms with van der Waals surface area (Å²) >= 11 is 5.97. The molecule has 4 nitrogen and oxygen atoms in total. The zero-order chi connectivity index (χ0) is 18.7. The van der Waals surface area contributed by atoms with Crippen molar-refractivity contribution in [2.45, 2.75) is 32.9 Å². The van der Waals surface area contributed by atoms with Gasteiger partial charge in [-0.3, -0.25) is 9.59 Å². The second kappa shape index (κ2) is 7.92. The molecule has 1 atom stereocenters. The molecule has 1 aliphatic heterocycles. The van der Waals surface area contributed by atoms with Gasteiger partial charge in [0.05, 0.1) is 0 Å². The van der Waals surface area contributed by atoms with E-state index in [4.69, 9.17) is 11.6 Å². The van der Waals surface area contributed by atoms with Crippen LogP contribution in [0.5, 0.6) is 0 Å². The zero-order valence-corrected chi connectivity index (χ0v) is 15.8. The molecule has 2 aromatic carbocycles. The Bertz CT molecular complexity index is 819. The molecule has 2 aromatic rings. The molecule has 1 heterocycles. The van der Waals surface area contributed by atoms with Gasteiger partial charge in [0.2, 0.25) is 5.91 Å². The molecular weight excluding hydrogens is 348 g/mol. The van der Waals surface area contributed by atoms with Crippen molar-refractivity contribution in [3.8, 4) is 0 Å². The third-order valence-electron chi connectivity index (χ3n) is 4.75. The lowest BCUT2D eigenvalue weighted by molar-refractivity contribution is -0.135. The Hall–Kier alpha value is -2.33. The maximum Gasteiger partial charge on any atom is 0.251 e. The molecule has 0 saturated heterocycles. The van der Waals surface area contributed by atoms with Gasteiger partial charge in [-0.15, -0.1) is 0 Å². The number of halogens is 1. The van der Waals surface area contributed by atoms with E-state index in [1.165, 1.54) is 11.1 Å². The fourth-order valence-electron chi connectivity index (χ4n) is 3.25. The Morgan fingerprint density at radius 1 is 1.08 bits per heavy atom. The van der Waals surface area contributed by atoms with E-state index >= 15 is 0 Å². The average molecular weight is 371 g/mol. The summed E-state index contributed by atoms with van der Waals surface area (Å²) in [5, 5.41) is 3.39. The molecule has 1 aliphatic rings. The van der Waals surface area contributed by atoms with Gasteiger partial charge >= 0.3 is 0 Å². The highest BCUT2D eigenvalue weighted by Gasteiger charge is 2.30. The number of amides is 2.